The van der Waals surface area contributed by atoms with Gasteiger partial charge < -0.3 is 24.1 Å². The number of hydrogen-bond donors (Lipinski definition) is 1. The lowest BCUT2D eigenvalue weighted by Crippen LogP contribution is -2.46. The highest BCUT2D eigenvalue weighted by Crippen LogP contribution is 2.42. The van der Waals surface area contributed by atoms with Crippen LogP contribution in [-0.2, 0) is 20.8 Å². The standard InChI is InChI=1S/C18H26N2O4/c21-17(19-8-16-2-1-5-24-16)18-12-20(10-15(18)11-23-13-18)9-14-3-6-22-7-4-14/h1-2,5,14-15H,3-4,6-13H2,(H,19,21)/t15-,18-/m1/s1. The Labute approximate surface area is 142 Å². The van der Waals surface area contributed by atoms with Crippen LogP contribution >= 0.6 is 0 Å². The molecule has 0 spiro atoms. The van der Waals surface area contributed by atoms with Gasteiger partial charge in [-0.3, -0.25) is 4.79 Å². The number of nitrogens with zero attached hydrogens (tertiary/aromatic N) is 1. The number of hydrogen-bond acceptors (Lipinski definition) is 5. The van der Waals surface area contributed by atoms with E-state index in [2.05, 4.69) is 10.2 Å². The third-order valence-electron chi connectivity index (χ3n) is 5.76. The number of likely N-dealkylation sites (tertiary alicyclic amines) is 1. The molecule has 0 aliphatic carbocycles. The summed E-state index contributed by atoms with van der Waals surface area (Å²) in [7, 11) is 0. The lowest BCUT2D eigenvalue weighted by molar-refractivity contribution is -0.132. The Morgan fingerprint density at radius 3 is 3.00 bits per heavy atom. The summed E-state index contributed by atoms with van der Waals surface area (Å²) < 4.78 is 16.4. The van der Waals surface area contributed by atoms with Crippen molar-refractivity contribution in [2.75, 3.05) is 46.1 Å². The molecule has 3 aliphatic rings. The molecule has 0 unspecified atom stereocenters. The third-order valence-corrected chi connectivity index (χ3v) is 5.76. The summed E-state index contributed by atoms with van der Waals surface area (Å²) in [6, 6.07) is 3.72. The van der Waals surface area contributed by atoms with Gasteiger partial charge in [0.15, 0.2) is 0 Å². The van der Waals surface area contributed by atoms with Crippen LogP contribution in [-0.4, -0.2) is 56.9 Å². The largest absolute Gasteiger partial charge is 0.467 e. The summed E-state index contributed by atoms with van der Waals surface area (Å²) in [6.45, 7) is 6.27. The van der Waals surface area contributed by atoms with Gasteiger partial charge in [0.1, 0.15) is 5.76 Å². The van der Waals surface area contributed by atoms with Gasteiger partial charge in [0.2, 0.25) is 5.91 Å². The highest BCUT2D eigenvalue weighted by Gasteiger charge is 2.55. The quantitative estimate of drug-likeness (QED) is 0.879. The van der Waals surface area contributed by atoms with E-state index < -0.39 is 5.41 Å². The normalized spacial score (nSPS) is 31.2. The molecule has 2 atom stereocenters. The van der Waals surface area contributed by atoms with E-state index in [-0.39, 0.29) is 5.91 Å². The van der Waals surface area contributed by atoms with Crippen molar-refractivity contribution in [3.63, 3.8) is 0 Å². The summed E-state index contributed by atoms with van der Waals surface area (Å²) >= 11 is 0. The predicted molar refractivity (Wildman–Crippen MR) is 87.3 cm³/mol. The van der Waals surface area contributed by atoms with Crippen LogP contribution in [0.4, 0.5) is 0 Å². The van der Waals surface area contributed by atoms with Crippen LogP contribution in [0.1, 0.15) is 18.6 Å². The molecule has 24 heavy (non-hydrogen) atoms. The highest BCUT2D eigenvalue weighted by molar-refractivity contribution is 5.84. The van der Waals surface area contributed by atoms with Gasteiger partial charge >= 0.3 is 0 Å². The summed E-state index contributed by atoms with van der Waals surface area (Å²) in [5.74, 6) is 1.89. The van der Waals surface area contributed by atoms with Gasteiger partial charge in [0, 0.05) is 38.8 Å². The fourth-order valence-electron chi connectivity index (χ4n) is 4.35. The minimum absolute atomic E-state index is 0.107. The molecular weight excluding hydrogens is 308 g/mol. The molecule has 6 heteroatoms. The maximum absolute atomic E-state index is 12.9. The van der Waals surface area contributed by atoms with Crippen LogP contribution in [0.15, 0.2) is 22.8 Å². The maximum atomic E-state index is 12.9. The average molecular weight is 334 g/mol. The molecule has 1 aromatic rings. The van der Waals surface area contributed by atoms with E-state index in [1.165, 1.54) is 0 Å². The Bertz CT molecular complexity index is 555. The molecule has 1 N–H and O–H groups in total. The molecule has 0 aromatic carbocycles. The molecule has 1 amide bonds. The van der Waals surface area contributed by atoms with E-state index in [1.54, 1.807) is 6.26 Å². The van der Waals surface area contributed by atoms with Crippen molar-refractivity contribution < 1.29 is 18.7 Å². The van der Waals surface area contributed by atoms with Crippen LogP contribution in [0.2, 0.25) is 0 Å². The van der Waals surface area contributed by atoms with Crippen molar-refractivity contribution in [1.29, 1.82) is 0 Å². The first-order valence-corrected chi connectivity index (χ1v) is 8.95. The summed E-state index contributed by atoms with van der Waals surface area (Å²) in [5.41, 5.74) is -0.391. The molecule has 4 rings (SSSR count). The van der Waals surface area contributed by atoms with Crippen molar-refractivity contribution in [3.05, 3.63) is 24.2 Å². The topological polar surface area (TPSA) is 63.9 Å². The Balaban J connectivity index is 1.37. The van der Waals surface area contributed by atoms with Gasteiger partial charge in [-0.05, 0) is 30.9 Å². The van der Waals surface area contributed by atoms with Crippen LogP contribution in [0.25, 0.3) is 0 Å². The van der Waals surface area contributed by atoms with Gasteiger partial charge in [-0.2, -0.15) is 0 Å². The van der Waals surface area contributed by atoms with Gasteiger partial charge in [-0.25, -0.2) is 0 Å². The number of fused-ring (bicyclic) bond motifs is 1. The number of nitrogens with one attached hydrogen (secondary N) is 1. The summed E-state index contributed by atoms with van der Waals surface area (Å²) in [5, 5.41) is 3.05. The van der Waals surface area contributed by atoms with E-state index in [1.807, 2.05) is 12.1 Å². The number of amides is 1. The van der Waals surface area contributed by atoms with E-state index in [9.17, 15) is 4.79 Å². The van der Waals surface area contributed by atoms with E-state index in [0.29, 0.717) is 31.6 Å². The van der Waals surface area contributed by atoms with Gasteiger partial charge in [-0.1, -0.05) is 0 Å². The zero-order valence-corrected chi connectivity index (χ0v) is 14.0. The Kier molecular flexibility index (Phi) is 4.61. The molecule has 3 saturated heterocycles. The van der Waals surface area contributed by atoms with Gasteiger partial charge in [0.05, 0.1) is 31.4 Å². The molecule has 0 bridgehead atoms. The first kappa shape index (κ1) is 16.1. The molecule has 3 fully saturated rings. The second kappa shape index (κ2) is 6.86. The minimum atomic E-state index is -0.391. The first-order valence-electron chi connectivity index (χ1n) is 8.95. The van der Waals surface area contributed by atoms with Crippen molar-refractivity contribution in [1.82, 2.24) is 10.2 Å². The van der Waals surface area contributed by atoms with Crippen molar-refractivity contribution >= 4 is 5.91 Å². The molecular formula is C18H26N2O4. The van der Waals surface area contributed by atoms with Crippen molar-refractivity contribution in [2.24, 2.45) is 17.3 Å². The van der Waals surface area contributed by atoms with E-state index in [4.69, 9.17) is 13.9 Å². The molecule has 0 radical (unpaired) electrons. The third kappa shape index (κ3) is 3.10. The number of rotatable bonds is 5. The second-order valence-electron chi connectivity index (χ2n) is 7.38. The average Bonchev–Trinajstić information content (AvgIpc) is 3.29. The Morgan fingerprint density at radius 2 is 2.21 bits per heavy atom. The zero-order valence-electron chi connectivity index (χ0n) is 14.0. The maximum Gasteiger partial charge on any atom is 0.230 e. The Morgan fingerprint density at radius 1 is 1.33 bits per heavy atom. The zero-order chi connectivity index (χ0) is 16.4. The monoisotopic (exact) mass is 334 g/mol. The summed E-state index contributed by atoms with van der Waals surface area (Å²) in [6.07, 6.45) is 3.90. The predicted octanol–water partition coefficient (Wildman–Crippen LogP) is 1.27. The van der Waals surface area contributed by atoms with Crippen LogP contribution in [0.3, 0.4) is 0 Å². The number of carbonyl (C=O) groups excluding carboxylic acids is 1. The Hall–Kier alpha value is -1.37. The van der Waals surface area contributed by atoms with E-state index in [0.717, 1.165) is 51.4 Å². The van der Waals surface area contributed by atoms with Crippen LogP contribution < -0.4 is 5.32 Å². The summed E-state index contributed by atoms with van der Waals surface area (Å²) in [4.78, 5) is 15.4. The number of carbonyl (C=O) groups is 1. The molecule has 6 nitrogen and oxygen atoms in total. The van der Waals surface area contributed by atoms with Gasteiger partial charge in [0.25, 0.3) is 0 Å². The molecule has 1 aromatic heterocycles. The van der Waals surface area contributed by atoms with Crippen LogP contribution in [0.5, 0.6) is 0 Å². The molecule has 3 aliphatic heterocycles. The fraction of sp³-hybridized carbons (Fsp3) is 0.722. The lowest BCUT2D eigenvalue weighted by Gasteiger charge is -2.29. The van der Waals surface area contributed by atoms with Crippen molar-refractivity contribution in [3.8, 4) is 0 Å². The second-order valence-corrected chi connectivity index (χ2v) is 7.38. The smallest absolute Gasteiger partial charge is 0.230 e. The van der Waals surface area contributed by atoms with Crippen molar-refractivity contribution in [2.45, 2.75) is 19.4 Å². The lowest BCUT2D eigenvalue weighted by atomic mass is 9.80. The molecule has 0 saturated carbocycles. The fourth-order valence-corrected chi connectivity index (χ4v) is 4.35. The SMILES string of the molecule is O=C(NCc1ccco1)[C@]12COC[C@H]1CN(CC1CCOCC1)C2. The number of ether oxygens (including phenoxy) is 2. The van der Waals surface area contributed by atoms with Crippen LogP contribution in [0, 0.1) is 17.3 Å². The van der Waals surface area contributed by atoms with E-state index >= 15 is 0 Å². The molecule has 4 heterocycles. The number of furan rings is 1. The minimum Gasteiger partial charge on any atom is -0.467 e. The first-order chi connectivity index (χ1) is 11.8. The van der Waals surface area contributed by atoms with Gasteiger partial charge in [-0.15, -0.1) is 0 Å². The molecule has 132 valence electrons. The highest BCUT2D eigenvalue weighted by atomic mass is 16.5.